The van der Waals surface area contributed by atoms with Crippen LogP contribution in [-0.4, -0.2) is 36.7 Å². The number of aromatic nitrogens is 1. The first-order chi connectivity index (χ1) is 12.8. The number of anilines is 1. The molecule has 0 atom stereocenters. The number of amides is 1. The van der Waals surface area contributed by atoms with Gasteiger partial charge in [0.2, 0.25) is 10.0 Å². The first-order valence-corrected chi connectivity index (χ1v) is 10.9. The van der Waals surface area contributed by atoms with E-state index in [1.54, 1.807) is 42.4 Å². The minimum atomic E-state index is -3.63. The molecule has 0 spiro atoms. The molecular weight excluding hydrogens is 386 g/mol. The number of halogens is 1. The van der Waals surface area contributed by atoms with Crippen LogP contribution in [0.1, 0.15) is 47.4 Å². The largest absolute Gasteiger partial charge is 0.353 e. The van der Waals surface area contributed by atoms with Crippen LogP contribution in [0.25, 0.3) is 0 Å². The smallest absolute Gasteiger partial charge is 0.272 e. The van der Waals surface area contributed by atoms with E-state index in [4.69, 9.17) is 11.6 Å². The van der Waals surface area contributed by atoms with Crippen molar-refractivity contribution in [1.29, 1.82) is 0 Å². The summed E-state index contributed by atoms with van der Waals surface area (Å²) < 4.78 is 27.9. The van der Waals surface area contributed by atoms with Gasteiger partial charge in [-0.15, -0.1) is 0 Å². The van der Waals surface area contributed by atoms with Crippen LogP contribution in [0.15, 0.2) is 29.2 Å². The Hall–Kier alpha value is -1.83. The van der Waals surface area contributed by atoms with E-state index in [1.807, 2.05) is 0 Å². The Bertz CT molecular complexity index is 928. The van der Waals surface area contributed by atoms with Crippen molar-refractivity contribution < 1.29 is 13.2 Å². The number of aryl methyl sites for hydroxylation is 1. The molecule has 2 aromatic rings. The number of nitrogens with zero attached hydrogens (tertiary/aromatic N) is 1. The van der Waals surface area contributed by atoms with Gasteiger partial charge < -0.3 is 10.3 Å². The summed E-state index contributed by atoms with van der Waals surface area (Å²) in [5.41, 5.74) is 1.78. The molecule has 1 aromatic heterocycles. The molecule has 1 aliphatic rings. The maximum Gasteiger partial charge on any atom is 0.272 e. The standard InChI is InChI=1S/C19H24ClN3O3S/c1-13-17(19(24)22-16-9-7-15(20)8-10-16)21-14(2)18(13)27(25,26)23-11-5-3-4-6-12-23/h7-10,21H,3-6,11-12H2,1-2H3,(H,22,24). The van der Waals surface area contributed by atoms with E-state index in [9.17, 15) is 13.2 Å². The third kappa shape index (κ3) is 4.20. The van der Waals surface area contributed by atoms with Crippen LogP contribution in [0.4, 0.5) is 5.69 Å². The molecule has 3 rings (SSSR count). The van der Waals surface area contributed by atoms with Crippen molar-refractivity contribution in [3.05, 3.63) is 46.2 Å². The van der Waals surface area contributed by atoms with Crippen LogP contribution in [0.3, 0.4) is 0 Å². The second-order valence-corrected chi connectivity index (χ2v) is 9.17. The number of hydrogen-bond acceptors (Lipinski definition) is 3. The van der Waals surface area contributed by atoms with Crippen LogP contribution in [-0.2, 0) is 10.0 Å². The van der Waals surface area contributed by atoms with Gasteiger partial charge in [0.1, 0.15) is 10.6 Å². The molecule has 0 unspecified atom stereocenters. The summed E-state index contributed by atoms with van der Waals surface area (Å²) in [5.74, 6) is -0.379. The highest BCUT2D eigenvalue weighted by Crippen LogP contribution is 2.28. The highest BCUT2D eigenvalue weighted by atomic mass is 35.5. The SMILES string of the molecule is Cc1[nH]c(C(=O)Nc2ccc(Cl)cc2)c(C)c1S(=O)(=O)N1CCCCCC1. The summed E-state index contributed by atoms with van der Waals surface area (Å²) in [7, 11) is -3.63. The van der Waals surface area contributed by atoms with E-state index in [0.717, 1.165) is 25.7 Å². The molecule has 2 N–H and O–H groups in total. The minimum absolute atomic E-state index is 0.214. The number of hydrogen-bond donors (Lipinski definition) is 2. The minimum Gasteiger partial charge on any atom is -0.353 e. The Morgan fingerprint density at radius 3 is 2.26 bits per heavy atom. The van der Waals surface area contributed by atoms with Gasteiger partial charge in [-0.05, 0) is 56.5 Å². The fraction of sp³-hybridized carbons (Fsp3) is 0.421. The predicted molar refractivity (Wildman–Crippen MR) is 107 cm³/mol. The molecule has 0 saturated carbocycles. The molecule has 1 fully saturated rings. The number of benzene rings is 1. The van der Waals surface area contributed by atoms with Gasteiger partial charge in [0.25, 0.3) is 5.91 Å². The molecule has 2 heterocycles. The highest BCUT2D eigenvalue weighted by molar-refractivity contribution is 7.89. The highest BCUT2D eigenvalue weighted by Gasteiger charge is 2.32. The monoisotopic (exact) mass is 409 g/mol. The average Bonchev–Trinajstić information content (AvgIpc) is 2.80. The third-order valence-electron chi connectivity index (χ3n) is 4.86. The number of carbonyl (C=O) groups excluding carboxylic acids is 1. The number of nitrogens with one attached hydrogen (secondary N) is 2. The summed E-state index contributed by atoms with van der Waals surface area (Å²) in [5, 5.41) is 3.35. The first kappa shape index (κ1) is 19.9. The molecule has 6 nitrogen and oxygen atoms in total. The quantitative estimate of drug-likeness (QED) is 0.797. The van der Waals surface area contributed by atoms with Crippen molar-refractivity contribution in [1.82, 2.24) is 9.29 Å². The van der Waals surface area contributed by atoms with Gasteiger partial charge in [0, 0.05) is 29.5 Å². The van der Waals surface area contributed by atoms with Crippen LogP contribution in [0.2, 0.25) is 5.02 Å². The second-order valence-electron chi connectivity index (χ2n) is 6.86. The lowest BCUT2D eigenvalue weighted by atomic mass is 10.2. The van der Waals surface area contributed by atoms with Crippen LogP contribution >= 0.6 is 11.6 Å². The van der Waals surface area contributed by atoms with Crippen molar-refractivity contribution in [3.63, 3.8) is 0 Å². The summed E-state index contributed by atoms with van der Waals surface area (Å²) in [6.45, 7) is 4.42. The van der Waals surface area contributed by atoms with Crippen LogP contribution in [0.5, 0.6) is 0 Å². The van der Waals surface area contributed by atoms with E-state index in [2.05, 4.69) is 10.3 Å². The third-order valence-corrected chi connectivity index (χ3v) is 7.29. The normalized spacial score (nSPS) is 16.1. The molecule has 0 radical (unpaired) electrons. The maximum atomic E-state index is 13.2. The predicted octanol–water partition coefficient (Wildman–Crippen LogP) is 4.10. The van der Waals surface area contributed by atoms with Crippen LogP contribution in [0, 0.1) is 13.8 Å². The zero-order valence-corrected chi connectivity index (χ0v) is 17.1. The molecule has 1 saturated heterocycles. The van der Waals surface area contributed by atoms with Crippen molar-refractivity contribution >= 4 is 33.2 Å². The Labute approximate surface area is 165 Å². The maximum absolute atomic E-state index is 13.2. The summed E-state index contributed by atoms with van der Waals surface area (Å²) >= 11 is 5.86. The van der Waals surface area contributed by atoms with Gasteiger partial charge in [-0.3, -0.25) is 4.79 Å². The fourth-order valence-electron chi connectivity index (χ4n) is 3.48. The van der Waals surface area contributed by atoms with Crippen molar-refractivity contribution in [3.8, 4) is 0 Å². The Morgan fingerprint density at radius 2 is 1.67 bits per heavy atom. The van der Waals surface area contributed by atoms with E-state index in [1.165, 1.54) is 0 Å². The molecule has 1 amide bonds. The Morgan fingerprint density at radius 1 is 1.07 bits per heavy atom. The number of carbonyl (C=O) groups is 1. The number of rotatable bonds is 4. The lowest BCUT2D eigenvalue weighted by Gasteiger charge is -2.20. The van der Waals surface area contributed by atoms with Gasteiger partial charge in [0.15, 0.2) is 0 Å². The molecule has 0 bridgehead atoms. The second kappa shape index (κ2) is 8.04. The molecule has 27 heavy (non-hydrogen) atoms. The molecule has 146 valence electrons. The molecule has 1 aromatic carbocycles. The van der Waals surface area contributed by atoms with Gasteiger partial charge in [0.05, 0.1) is 0 Å². The number of sulfonamides is 1. The molecule has 0 aliphatic carbocycles. The lowest BCUT2D eigenvalue weighted by Crippen LogP contribution is -2.32. The molecule has 8 heteroatoms. The van der Waals surface area contributed by atoms with Gasteiger partial charge in [-0.25, -0.2) is 8.42 Å². The lowest BCUT2D eigenvalue weighted by molar-refractivity contribution is 0.102. The average molecular weight is 410 g/mol. The van der Waals surface area contributed by atoms with Gasteiger partial charge in [-0.2, -0.15) is 4.31 Å². The molecular formula is C19H24ClN3O3S. The topological polar surface area (TPSA) is 82.3 Å². The van der Waals surface area contributed by atoms with Crippen LogP contribution < -0.4 is 5.32 Å². The summed E-state index contributed by atoms with van der Waals surface area (Å²) in [6.07, 6.45) is 3.83. The zero-order valence-electron chi connectivity index (χ0n) is 15.5. The van der Waals surface area contributed by atoms with E-state index >= 15 is 0 Å². The van der Waals surface area contributed by atoms with E-state index in [-0.39, 0.29) is 16.5 Å². The number of aromatic amines is 1. The Balaban J connectivity index is 1.89. The van der Waals surface area contributed by atoms with E-state index in [0.29, 0.717) is 35.1 Å². The van der Waals surface area contributed by atoms with Gasteiger partial charge >= 0.3 is 0 Å². The zero-order chi connectivity index (χ0) is 19.6. The van der Waals surface area contributed by atoms with Crippen molar-refractivity contribution in [2.45, 2.75) is 44.4 Å². The number of H-pyrrole nitrogens is 1. The molecule has 1 aliphatic heterocycles. The fourth-order valence-corrected chi connectivity index (χ4v) is 5.53. The van der Waals surface area contributed by atoms with E-state index < -0.39 is 10.0 Å². The first-order valence-electron chi connectivity index (χ1n) is 9.07. The van der Waals surface area contributed by atoms with Gasteiger partial charge in [-0.1, -0.05) is 24.4 Å². The summed E-state index contributed by atoms with van der Waals surface area (Å²) in [4.78, 5) is 15.8. The Kier molecular flexibility index (Phi) is 5.93. The summed E-state index contributed by atoms with van der Waals surface area (Å²) in [6, 6.07) is 6.75. The van der Waals surface area contributed by atoms with Crippen molar-refractivity contribution in [2.75, 3.05) is 18.4 Å². The van der Waals surface area contributed by atoms with Crippen molar-refractivity contribution in [2.24, 2.45) is 0 Å².